The van der Waals surface area contributed by atoms with Gasteiger partial charge in [-0.2, -0.15) is 0 Å². The summed E-state index contributed by atoms with van der Waals surface area (Å²) in [7, 11) is 0. The number of hydrogen-bond donors (Lipinski definition) is 1. The van der Waals surface area contributed by atoms with Gasteiger partial charge in [-0.3, -0.25) is 9.69 Å². The van der Waals surface area contributed by atoms with E-state index in [-0.39, 0.29) is 6.54 Å². The molecule has 2 rings (SSSR count). The largest absolute Gasteiger partial charge is 0.480 e. The van der Waals surface area contributed by atoms with Crippen LogP contribution in [0.25, 0.3) is 0 Å². The van der Waals surface area contributed by atoms with Gasteiger partial charge in [0.1, 0.15) is 0 Å². The summed E-state index contributed by atoms with van der Waals surface area (Å²) in [6.45, 7) is 4.51. The van der Waals surface area contributed by atoms with Gasteiger partial charge in [0.05, 0.1) is 6.54 Å². The topological polar surface area (TPSA) is 40.5 Å². The summed E-state index contributed by atoms with van der Waals surface area (Å²) < 4.78 is 0. The summed E-state index contributed by atoms with van der Waals surface area (Å²) in [6, 6.07) is 11.0. The lowest BCUT2D eigenvalue weighted by molar-refractivity contribution is -0.138. The molecule has 20 heavy (non-hydrogen) atoms. The van der Waals surface area contributed by atoms with Crippen molar-refractivity contribution in [1.29, 1.82) is 0 Å². The molecule has 0 amide bonds. The molecule has 0 aliphatic heterocycles. The molecule has 1 N–H and O–H groups in total. The van der Waals surface area contributed by atoms with Gasteiger partial charge < -0.3 is 5.11 Å². The Balaban J connectivity index is 1.92. The van der Waals surface area contributed by atoms with Crippen LogP contribution >= 0.6 is 0 Å². The minimum Gasteiger partial charge on any atom is -0.480 e. The molecule has 0 atom stereocenters. The number of benzene rings is 1. The van der Waals surface area contributed by atoms with Crippen molar-refractivity contribution in [3.63, 3.8) is 0 Å². The molecule has 1 aromatic rings. The molecule has 1 aliphatic carbocycles. The molecule has 3 heteroatoms. The van der Waals surface area contributed by atoms with Gasteiger partial charge in [0, 0.05) is 12.6 Å². The Morgan fingerprint density at radius 1 is 1.25 bits per heavy atom. The van der Waals surface area contributed by atoms with E-state index in [1.807, 2.05) is 11.0 Å². The zero-order valence-corrected chi connectivity index (χ0v) is 11.9. The number of rotatable bonds is 6. The number of carboxylic acid groups (broad SMARTS) is 1. The van der Waals surface area contributed by atoms with Gasteiger partial charge >= 0.3 is 5.97 Å². The highest BCUT2D eigenvalue weighted by Gasteiger charge is 2.26. The lowest BCUT2D eigenvalue weighted by atomic mass is 9.81. The van der Waals surface area contributed by atoms with E-state index in [1.165, 1.54) is 5.56 Å². The molecule has 0 saturated heterocycles. The maximum absolute atomic E-state index is 10.9. The zero-order chi connectivity index (χ0) is 14.4. The molecule has 1 fully saturated rings. The van der Waals surface area contributed by atoms with Gasteiger partial charge in [-0.15, -0.1) is 6.58 Å². The van der Waals surface area contributed by atoms with Gasteiger partial charge in [-0.25, -0.2) is 0 Å². The maximum atomic E-state index is 10.9. The average Bonchev–Trinajstić information content (AvgIpc) is 2.47. The second-order valence-electron chi connectivity index (χ2n) is 5.53. The molecule has 0 aromatic heterocycles. The molecular formula is C17H23NO2. The highest BCUT2D eigenvalue weighted by atomic mass is 16.4. The Bertz CT molecular complexity index is 436. The molecule has 0 radical (unpaired) electrons. The zero-order valence-electron chi connectivity index (χ0n) is 11.9. The minimum atomic E-state index is -0.753. The predicted molar refractivity (Wildman–Crippen MR) is 80.8 cm³/mol. The van der Waals surface area contributed by atoms with Gasteiger partial charge in [0.15, 0.2) is 0 Å². The van der Waals surface area contributed by atoms with Crippen LogP contribution in [-0.2, 0) is 4.79 Å². The molecule has 1 aromatic carbocycles. The third kappa shape index (κ3) is 3.94. The monoisotopic (exact) mass is 273 g/mol. The summed E-state index contributed by atoms with van der Waals surface area (Å²) in [5.41, 5.74) is 1.42. The van der Waals surface area contributed by atoms with E-state index >= 15 is 0 Å². The van der Waals surface area contributed by atoms with Crippen molar-refractivity contribution >= 4 is 5.97 Å². The molecular weight excluding hydrogens is 250 g/mol. The number of carbonyl (C=O) groups is 1. The molecule has 3 nitrogen and oxygen atoms in total. The minimum absolute atomic E-state index is 0.118. The fraction of sp³-hybridized carbons (Fsp3) is 0.471. The smallest absolute Gasteiger partial charge is 0.317 e. The number of hydrogen-bond acceptors (Lipinski definition) is 2. The molecule has 0 heterocycles. The summed E-state index contributed by atoms with van der Waals surface area (Å²) >= 11 is 0. The van der Waals surface area contributed by atoms with Crippen LogP contribution < -0.4 is 0 Å². The fourth-order valence-corrected chi connectivity index (χ4v) is 3.18. The molecule has 0 unspecified atom stereocenters. The second kappa shape index (κ2) is 7.25. The first-order valence-corrected chi connectivity index (χ1v) is 7.32. The SMILES string of the molecule is C=CCN(CC(=O)O)C1CCC(c2ccccc2)CC1. The van der Waals surface area contributed by atoms with Crippen LogP contribution in [0.5, 0.6) is 0 Å². The number of aliphatic carboxylic acids is 1. The van der Waals surface area contributed by atoms with Gasteiger partial charge in [-0.1, -0.05) is 36.4 Å². The van der Waals surface area contributed by atoms with Gasteiger partial charge in [-0.05, 0) is 37.2 Å². The highest BCUT2D eigenvalue weighted by Crippen LogP contribution is 2.34. The number of nitrogens with zero attached hydrogens (tertiary/aromatic N) is 1. The third-order valence-electron chi connectivity index (χ3n) is 4.19. The number of carboxylic acids is 1. The molecule has 0 spiro atoms. The van der Waals surface area contributed by atoms with Crippen LogP contribution in [0.15, 0.2) is 43.0 Å². The standard InChI is InChI=1S/C17H23NO2/c1-2-12-18(13-17(19)20)16-10-8-15(9-11-16)14-6-4-3-5-7-14/h2-7,15-16H,1,8-13H2,(H,19,20). The first kappa shape index (κ1) is 14.8. The van der Waals surface area contributed by atoms with Gasteiger partial charge in [0.25, 0.3) is 0 Å². The normalized spacial score (nSPS) is 22.6. The van der Waals surface area contributed by atoms with Gasteiger partial charge in [0.2, 0.25) is 0 Å². The second-order valence-corrected chi connectivity index (χ2v) is 5.53. The lowest BCUT2D eigenvalue weighted by Crippen LogP contribution is -2.41. The Kier molecular flexibility index (Phi) is 5.36. The van der Waals surface area contributed by atoms with Crippen molar-refractivity contribution in [3.8, 4) is 0 Å². The summed E-state index contributed by atoms with van der Waals surface area (Å²) in [5, 5.41) is 9.00. The van der Waals surface area contributed by atoms with Crippen molar-refractivity contribution in [1.82, 2.24) is 4.90 Å². The third-order valence-corrected chi connectivity index (χ3v) is 4.19. The first-order chi connectivity index (χ1) is 9.70. The van der Waals surface area contributed by atoms with Crippen LogP contribution in [0, 0.1) is 0 Å². The van der Waals surface area contributed by atoms with E-state index in [4.69, 9.17) is 5.11 Å². The molecule has 108 valence electrons. The molecule has 0 bridgehead atoms. The Labute approximate surface area is 120 Å². The van der Waals surface area contributed by atoms with Crippen molar-refractivity contribution in [2.75, 3.05) is 13.1 Å². The van der Waals surface area contributed by atoms with E-state index in [2.05, 4.69) is 30.8 Å². The fourth-order valence-electron chi connectivity index (χ4n) is 3.18. The van der Waals surface area contributed by atoms with Crippen LogP contribution in [0.4, 0.5) is 0 Å². The average molecular weight is 273 g/mol. The summed E-state index contributed by atoms with van der Waals surface area (Å²) in [6.07, 6.45) is 6.22. The van der Waals surface area contributed by atoms with E-state index in [0.717, 1.165) is 25.7 Å². The van der Waals surface area contributed by atoms with Crippen LogP contribution in [-0.4, -0.2) is 35.1 Å². The van der Waals surface area contributed by atoms with Crippen molar-refractivity contribution in [3.05, 3.63) is 48.6 Å². The van der Waals surface area contributed by atoms with Crippen molar-refractivity contribution in [2.45, 2.75) is 37.6 Å². The lowest BCUT2D eigenvalue weighted by Gasteiger charge is -2.35. The van der Waals surface area contributed by atoms with E-state index in [1.54, 1.807) is 6.08 Å². The predicted octanol–water partition coefficient (Wildman–Crippen LogP) is 3.29. The maximum Gasteiger partial charge on any atom is 0.317 e. The first-order valence-electron chi connectivity index (χ1n) is 7.32. The van der Waals surface area contributed by atoms with Crippen molar-refractivity contribution < 1.29 is 9.90 Å². The summed E-state index contributed by atoms with van der Waals surface area (Å²) in [4.78, 5) is 13.0. The summed E-state index contributed by atoms with van der Waals surface area (Å²) in [5.74, 6) is -0.125. The molecule has 1 saturated carbocycles. The van der Waals surface area contributed by atoms with Crippen molar-refractivity contribution in [2.24, 2.45) is 0 Å². The van der Waals surface area contributed by atoms with Crippen LogP contribution in [0.3, 0.4) is 0 Å². The van der Waals surface area contributed by atoms with E-state index in [0.29, 0.717) is 18.5 Å². The quantitative estimate of drug-likeness (QED) is 0.809. The van der Waals surface area contributed by atoms with E-state index in [9.17, 15) is 4.79 Å². The Hall–Kier alpha value is -1.61. The Morgan fingerprint density at radius 2 is 1.90 bits per heavy atom. The molecule has 1 aliphatic rings. The van der Waals surface area contributed by atoms with Crippen LogP contribution in [0.2, 0.25) is 0 Å². The Morgan fingerprint density at radius 3 is 2.45 bits per heavy atom. The van der Waals surface area contributed by atoms with E-state index < -0.39 is 5.97 Å². The highest BCUT2D eigenvalue weighted by molar-refractivity contribution is 5.69. The van der Waals surface area contributed by atoms with Crippen LogP contribution in [0.1, 0.15) is 37.2 Å².